The molecular formula is C21H31N3O4. The van der Waals surface area contributed by atoms with Gasteiger partial charge in [-0.15, -0.1) is 0 Å². The van der Waals surface area contributed by atoms with E-state index < -0.39 is 11.8 Å². The van der Waals surface area contributed by atoms with Gasteiger partial charge in [0.25, 0.3) is 5.78 Å². The Balaban J connectivity index is 1.44. The van der Waals surface area contributed by atoms with Crippen molar-refractivity contribution in [1.82, 2.24) is 15.1 Å². The third-order valence-corrected chi connectivity index (χ3v) is 4.81. The van der Waals surface area contributed by atoms with Gasteiger partial charge >= 0.3 is 5.97 Å². The first-order chi connectivity index (χ1) is 13.6. The summed E-state index contributed by atoms with van der Waals surface area (Å²) < 4.78 is 5.03. The summed E-state index contributed by atoms with van der Waals surface area (Å²) in [6, 6.07) is 8.41. The van der Waals surface area contributed by atoms with E-state index in [1.807, 2.05) is 0 Å². The number of unbranched alkanes of at least 4 members (excludes halogenated alkanes) is 3. The summed E-state index contributed by atoms with van der Waals surface area (Å²) in [6.07, 6.45) is 3.44. The van der Waals surface area contributed by atoms with Crippen molar-refractivity contribution in [3.63, 3.8) is 0 Å². The van der Waals surface area contributed by atoms with Crippen molar-refractivity contribution in [2.75, 3.05) is 52.9 Å². The number of esters is 1. The van der Waals surface area contributed by atoms with E-state index in [0.29, 0.717) is 25.1 Å². The first-order valence-corrected chi connectivity index (χ1v) is 10.0. The number of amides is 1. The van der Waals surface area contributed by atoms with Gasteiger partial charge in [0, 0.05) is 38.3 Å². The highest BCUT2D eigenvalue weighted by atomic mass is 16.5. The Morgan fingerprint density at radius 2 is 1.64 bits per heavy atom. The SMILES string of the molecule is CN1CCN(CC(=O)NCCCCCCOC(=O)C(=O)c2ccccc2)CC1. The van der Waals surface area contributed by atoms with Crippen molar-refractivity contribution in [1.29, 1.82) is 0 Å². The number of rotatable bonds is 11. The van der Waals surface area contributed by atoms with Gasteiger partial charge in [-0.3, -0.25) is 14.5 Å². The molecule has 7 heteroatoms. The highest BCUT2D eigenvalue weighted by Crippen LogP contribution is 2.04. The molecule has 1 aliphatic heterocycles. The zero-order valence-electron chi connectivity index (χ0n) is 16.7. The number of ketones is 1. The largest absolute Gasteiger partial charge is 0.460 e. The average molecular weight is 389 g/mol. The number of benzene rings is 1. The number of hydrogen-bond donors (Lipinski definition) is 1. The lowest BCUT2D eigenvalue weighted by Crippen LogP contribution is -2.48. The van der Waals surface area contributed by atoms with Crippen LogP contribution in [-0.4, -0.2) is 80.4 Å². The van der Waals surface area contributed by atoms with Gasteiger partial charge in [-0.1, -0.05) is 36.8 Å². The molecule has 0 unspecified atom stereocenters. The number of piperazine rings is 1. The standard InChI is InChI=1S/C21H31N3O4/c1-23-12-14-24(15-13-23)17-19(25)22-11-7-2-3-8-16-28-21(27)20(26)18-9-5-4-6-10-18/h4-6,9-10H,2-3,7-8,11-17H2,1H3,(H,22,25). The lowest BCUT2D eigenvalue weighted by atomic mass is 10.1. The number of ether oxygens (including phenoxy) is 1. The summed E-state index contributed by atoms with van der Waals surface area (Å²) in [4.78, 5) is 39.9. The molecule has 1 heterocycles. The lowest BCUT2D eigenvalue weighted by molar-refractivity contribution is -0.138. The van der Waals surface area contributed by atoms with Crippen LogP contribution in [0.25, 0.3) is 0 Å². The molecule has 0 radical (unpaired) electrons. The minimum atomic E-state index is -0.803. The molecule has 7 nitrogen and oxygen atoms in total. The predicted octanol–water partition coefficient (Wildman–Crippen LogP) is 1.34. The van der Waals surface area contributed by atoms with Gasteiger partial charge in [0.1, 0.15) is 0 Å². The molecule has 1 aromatic rings. The first kappa shape index (κ1) is 22.0. The number of Topliss-reactive ketones (excluding diaryl/α,β-unsaturated/α-hetero) is 1. The van der Waals surface area contributed by atoms with Crippen molar-refractivity contribution in [3.8, 4) is 0 Å². The zero-order chi connectivity index (χ0) is 20.2. The summed E-state index contributed by atoms with van der Waals surface area (Å²) >= 11 is 0. The second-order valence-corrected chi connectivity index (χ2v) is 7.17. The molecule has 0 aliphatic carbocycles. The molecule has 154 valence electrons. The average Bonchev–Trinajstić information content (AvgIpc) is 2.71. The molecule has 0 bridgehead atoms. The second kappa shape index (κ2) is 12.3. The molecule has 1 saturated heterocycles. The van der Waals surface area contributed by atoms with Crippen LogP contribution in [-0.2, 0) is 14.3 Å². The van der Waals surface area contributed by atoms with Gasteiger partial charge in [0.15, 0.2) is 0 Å². The number of carbonyl (C=O) groups excluding carboxylic acids is 3. The highest BCUT2D eigenvalue weighted by molar-refractivity contribution is 6.40. The fraction of sp³-hybridized carbons (Fsp3) is 0.571. The van der Waals surface area contributed by atoms with Crippen molar-refractivity contribution in [2.24, 2.45) is 0 Å². The fourth-order valence-electron chi connectivity index (χ4n) is 3.01. The number of hydrogen-bond acceptors (Lipinski definition) is 6. The molecule has 0 atom stereocenters. The minimum Gasteiger partial charge on any atom is -0.460 e. The van der Waals surface area contributed by atoms with Crippen molar-refractivity contribution in [2.45, 2.75) is 25.7 Å². The number of likely N-dealkylation sites (N-methyl/N-ethyl adjacent to an activating group) is 1. The Hall–Kier alpha value is -2.25. The second-order valence-electron chi connectivity index (χ2n) is 7.17. The Morgan fingerprint density at radius 1 is 0.964 bits per heavy atom. The third-order valence-electron chi connectivity index (χ3n) is 4.81. The molecule has 1 N–H and O–H groups in total. The molecule has 28 heavy (non-hydrogen) atoms. The van der Waals surface area contributed by atoms with E-state index in [2.05, 4.69) is 22.2 Å². The number of nitrogens with zero attached hydrogens (tertiary/aromatic N) is 2. The molecule has 0 aromatic heterocycles. The maximum absolute atomic E-state index is 11.9. The molecule has 1 amide bonds. The summed E-state index contributed by atoms with van der Waals surface area (Å²) in [6.45, 7) is 5.28. The number of nitrogens with one attached hydrogen (secondary N) is 1. The Bertz CT molecular complexity index is 628. The summed E-state index contributed by atoms with van der Waals surface area (Å²) in [5.41, 5.74) is 0.347. The van der Waals surface area contributed by atoms with Crippen molar-refractivity contribution in [3.05, 3.63) is 35.9 Å². The smallest absolute Gasteiger partial charge is 0.379 e. The van der Waals surface area contributed by atoms with Crippen LogP contribution in [0.1, 0.15) is 36.0 Å². The number of carbonyl (C=O) groups is 3. The van der Waals surface area contributed by atoms with E-state index in [-0.39, 0.29) is 12.5 Å². The van der Waals surface area contributed by atoms with Crippen LogP contribution >= 0.6 is 0 Å². The first-order valence-electron chi connectivity index (χ1n) is 10.0. The Labute approximate surface area is 167 Å². The van der Waals surface area contributed by atoms with Crippen molar-refractivity contribution >= 4 is 17.7 Å². The quantitative estimate of drug-likeness (QED) is 0.266. The van der Waals surface area contributed by atoms with Crippen LogP contribution in [0, 0.1) is 0 Å². The Morgan fingerprint density at radius 3 is 2.36 bits per heavy atom. The third kappa shape index (κ3) is 8.19. The molecule has 0 saturated carbocycles. The molecule has 1 aromatic carbocycles. The molecule has 2 rings (SSSR count). The van der Waals surface area contributed by atoms with Crippen LogP contribution in [0.15, 0.2) is 30.3 Å². The zero-order valence-corrected chi connectivity index (χ0v) is 16.7. The lowest BCUT2D eigenvalue weighted by Gasteiger charge is -2.31. The summed E-state index contributed by atoms with van der Waals surface area (Å²) in [5, 5.41) is 2.96. The van der Waals surface area contributed by atoms with Gasteiger partial charge in [-0.25, -0.2) is 4.79 Å². The normalized spacial score (nSPS) is 15.2. The topological polar surface area (TPSA) is 79.0 Å². The van der Waals surface area contributed by atoms with Crippen LogP contribution in [0.2, 0.25) is 0 Å². The molecule has 0 spiro atoms. The highest BCUT2D eigenvalue weighted by Gasteiger charge is 2.17. The van der Waals surface area contributed by atoms with Gasteiger partial charge in [0.2, 0.25) is 5.91 Å². The van der Waals surface area contributed by atoms with E-state index in [4.69, 9.17) is 4.74 Å². The van der Waals surface area contributed by atoms with E-state index >= 15 is 0 Å². The molecule has 1 fully saturated rings. The van der Waals surface area contributed by atoms with Crippen LogP contribution in [0.5, 0.6) is 0 Å². The maximum atomic E-state index is 11.9. The van der Waals surface area contributed by atoms with Crippen LogP contribution in [0.4, 0.5) is 0 Å². The van der Waals surface area contributed by atoms with E-state index in [9.17, 15) is 14.4 Å². The van der Waals surface area contributed by atoms with Gasteiger partial charge in [-0.2, -0.15) is 0 Å². The molecule has 1 aliphatic rings. The van der Waals surface area contributed by atoms with Gasteiger partial charge < -0.3 is 15.0 Å². The van der Waals surface area contributed by atoms with Crippen LogP contribution in [0.3, 0.4) is 0 Å². The van der Waals surface area contributed by atoms with Gasteiger partial charge in [-0.05, 0) is 26.3 Å². The Kier molecular flexibility index (Phi) is 9.65. The summed E-state index contributed by atoms with van der Waals surface area (Å²) in [7, 11) is 2.10. The predicted molar refractivity (Wildman–Crippen MR) is 107 cm³/mol. The monoisotopic (exact) mass is 389 g/mol. The molecular weight excluding hydrogens is 358 g/mol. The summed E-state index contributed by atoms with van der Waals surface area (Å²) in [5.74, 6) is -1.33. The van der Waals surface area contributed by atoms with E-state index in [1.54, 1.807) is 30.3 Å². The van der Waals surface area contributed by atoms with Crippen molar-refractivity contribution < 1.29 is 19.1 Å². The van der Waals surface area contributed by atoms with E-state index in [1.165, 1.54) is 0 Å². The van der Waals surface area contributed by atoms with Gasteiger partial charge in [0.05, 0.1) is 13.2 Å². The fourth-order valence-corrected chi connectivity index (χ4v) is 3.01. The van der Waals surface area contributed by atoms with E-state index in [0.717, 1.165) is 45.4 Å². The maximum Gasteiger partial charge on any atom is 0.379 e. The minimum absolute atomic E-state index is 0.0814. The van der Waals surface area contributed by atoms with Crippen LogP contribution < -0.4 is 5.32 Å².